The predicted molar refractivity (Wildman–Crippen MR) is 85.9 cm³/mol. The third kappa shape index (κ3) is 5.89. The molecule has 0 saturated heterocycles. The van der Waals surface area contributed by atoms with E-state index < -0.39 is 0 Å². The van der Waals surface area contributed by atoms with Gasteiger partial charge in [0, 0.05) is 51.0 Å². The second-order valence-corrected chi connectivity index (χ2v) is 5.60. The molecule has 0 heterocycles. The van der Waals surface area contributed by atoms with Crippen LogP contribution in [0.15, 0.2) is 28.7 Å². The summed E-state index contributed by atoms with van der Waals surface area (Å²) in [7, 11) is 3.46. The van der Waals surface area contributed by atoms with Crippen LogP contribution in [0.1, 0.15) is 18.0 Å². The van der Waals surface area contributed by atoms with Crippen LogP contribution >= 0.6 is 15.9 Å². The number of benzene rings is 1. The highest BCUT2D eigenvalue weighted by Gasteiger charge is 2.18. The first kappa shape index (κ1) is 17.6. The molecule has 114 valence electrons. The number of hydrogen-bond donors (Lipinski definition) is 1. The molecule has 0 radical (unpaired) electrons. The van der Waals surface area contributed by atoms with Crippen molar-refractivity contribution < 1.29 is 9.47 Å². The number of methoxy groups -OCH3 is 2. The third-order valence-electron chi connectivity index (χ3n) is 3.27. The molecule has 0 amide bonds. The van der Waals surface area contributed by atoms with Crippen LogP contribution in [0.4, 0.5) is 0 Å². The smallest absolute Gasteiger partial charge is 0.0589 e. The average Bonchev–Trinajstić information content (AvgIpc) is 2.45. The molecule has 0 aliphatic heterocycles. The van der Waals surface area contributed by atoms with Gasteiger partial charge < -0.3 is 15.2 Å². The van der Waals surface area contributed by atoms with Crippen LogP contribution in [0, 0.1) is 0 Å². The fourth-order valence-electron chi connectivity index (χ4n) is 2.25. The molecule has 1 unspecified atom stereocenters. The highest BCUT2D eigenvalue weighted by atomic mass is 79.9. The van der Waals surface area contributed by atoms with E-state index in [0.29, 0.717) is 13.2 Å². The van der Waals surface area contributed by atoms with Gasteiger partial charge in [0.15, 0.2) is 0 Å². The second kappa shape index (κ2) is 10.3. The Morgan fingerprint density at radius 3 is 2.55 bits per heavy atom. The van der Waals surface area contributed by atoms with Gasteiger partial charge in [0.25, 0.3) is 0 Å². The zero-order valence-corrected chi connectivity index (χ0v) is 13.9. The summed E-state index contributed by atoms with van der Waals surface area (Å²) in [5.41, 5.74) is 7.23. The highest BCUT2D eigenvalue weighted by molar-refractivity contribution is 9.10. The molecule has 1 aromatic carbocycles. The largest absolute Gasteiger partial charge is 0.385 e. The van der Waals surface area contributed by atoms with E-state index in [4.69, 9.17) is 15.2 Å². The summed E-state index contributed by atoms with van der Waals surface area (Å²) in [5.74, 6) is 0. The Hall–Kier alpha value is -0.460. The van der Waals surface area contributed by atoms with E-state index >= 15 is 0 Å². The molecular formula is C15H25BrN2O2. The lowest BCUT2D eigenvalue weighted by atomic mass is 10.1. The lowest BCUT2D eigenvalue weighted by Gasteiger charge is -2.31. The van der Waals surface area contributed by atoms with Gasteiger partial charge in [-0.2, -0.15) is 0 Å². The molecule has 5 heteroatoms. The molecule has 20 heavy (non-hydrogen) atoms. The fourth-order valence-corrected chi connectivity index (χ4v) is 2.67. The molecule has 1 aromatic rings. The summed E-state index contributed by atoms with van der Waals surface area (Å²) >= 11 is 3.52. The molecule has 0 aliphatic rings. The van der Waals surface area contributed by atoms with Crippen molar-refractivity contribution in [1.82, 2.24) is 4.90 Å². The van der Waals surface area contributed by atoms with Crippen molar-refractivity contribution in [3.05, 3.63) is 34.3 Å². The normalized spacial score (nSPS) is 12.8. The minimum absolute atomic E-state index is 0.208. The van der Waals surface area contributed by atoms with Crippen molar-refractivity contribution >= 4 is 15.9 Å². The van der Waals surface area contributed by atoms with Crippen LogP contribution in [0.2, 0.25) is 0 Å². The monoisotopic (exact) mass is 344 g/mol. The van der Waals surface area contributed by atoms with Gasteiger partial charge in [-0.15, -0.1) is 0 Å². The average molecular weight is 345 g/mol. The van der Waals surface area contributed by atoms with Crippen LogP contribution < -0.4 is 5.73 Å². The quantitative estimate of drug-likeness (QED) is 0.662. The van der Waals surface area contributed by atoms with Gasteiger partial charge in [-0.1, -0.05) is 28.1 Å². The SMILES string of the molecule is COCCCN(CCOC)C(CN)c1cccc(Br)c1. The number of ether oxygens (including phenoxy) is 2. The van der Waals surface area contributed by atoms with Crippen molar-refractivity contribution in [1.29, 1.82) is 0 Å². The lowest BCUT2D eigenvalue weighted by molar-refractivity contribution is 0.108. The first-order chi connectivity index (χ1) is 9.72. The minimum Gasteiger partial charge on any atom is -0.385 e. The van der Waals surface area contributed by atoms with Crippen molar-refractivity contribution in [3.8, 4) is 0 Å². The molecule has 0 aliphatic carbocycles. The van der Waals surface area contributed by atoms with Crippen molar-refractivity contribution in [2.75, 3.05) is 47.1 Å². The summed E-state index contributed by atoms with van der Waals surface area (Å²) < 4.78 is 11.4. The number of hydrogen-bond acceptors (Lipinski definition) is 4. The Labute approximate surface area is 130 Å². The summed E-state index contributed by atoms with van der Waals surface area (Å²) in [6.45, 7) is 3.88. The number of nitrogens with two attached hydrogens (primary N) is 1. The fraction of sp³-hybridized carbons (Fsp3) is 0.600. The molecular weight excluding hydrogens is 320 g/mol. The van der Waals surface area contributed by atoms with Crippen LogP contribution in [0.25, 0.3) is 0 Å². The molecule has 0 bridgehead atoms. The number of nitrogens with zero attached hydrogens (tertiary/aromatic N) is 1. The van der Waals surface area contributed by atoms with Gasteiger partial charge in [0.05, 0.1) is 6.61 Å². The molecule has 4 nitrogen and oxygen atoms in total. The van der Waals surface area contributed by atoms with E-state index in [0.717, 1.165) is 30.6 Å². The van der Waals surface area contributed by atoms with Crippen LogP contribution in [0.5, 0.6) is 0 Å². The van der Waals surface area contributed by atoms with E-state index in [1.54, 1.807) is 14.2 Å². The van der Waals surface area contributed by atoms with Crippen LogP contribution in [-0.2, 0) is 9.47 Å². The third-order valence-corrected chi connectivity index (χ3v) is 3.77. The predicted octanol–water partition coefficient (Wildman–Crippen LogP) is 2.43. The Kier molecular flexibility index (Phi) is 9.05. The Morgan fingerprint density at radius 1 is 1.20 bits per heavy atom. The van der Waals surface area contributed by atoms with Crippen molar-refractivity contribution in [2.24, 2.45) is 5.73 Å². The number of halogens is 1. The standard InChI is InChI=1S/C15H25BrN2O2/c1-19-9-4-7-18(8-10-20-2)15(12-17)13-5-3-6-14(16)11-13/h3,5-6,11,15H,4,7-10,12,17H2,1-2H3. The van der Waals surface area contributed by atoms with Gasteiger partial charge in [0.2, 0.25) is 0 Å². The van der Waals surface area contributed by atoms with Crippen LogP contribution in [0.3, 0.4) is 0 Å². The van der Waals surface area contributed by atoms with Crippen LogP contribution in [-0.4, -0.2) is 52.0 Å². The summed E-state index contributed by atoms with van der Waals surface area (Å²) in [6.07, 6.45) is 0.991. The van der Waals surface area contributed by atoms with E-state index in [-0.39, 0.29) is 6.04 Å². The Bertz CT molecular complexity index is 377. The summed E-state index contributed by atoms with van der Waals surface area (Å²) in [5, 5.41) is 0. The second-order valence-electron chi connectivity index (χ2n) is 4.68. The highest BCUT2D eigenvalue weighted by Crippen LogP contribution is 2.23. The first-order valence-electron chi connectivity index (χ1n) is 6.90. The summed E-state index contributed by atoms with van der Waals surface area (Å²) in [6, 6.07) is 8.54. The molecule has 2 N–H and O–H groups in total. The summed E-state index contributed by atoms with van der Waals surface area (Å²) in [4.78, 5) is 2.37. The molecule has 0 fully saturated rings. The minimum atomic E-state index is 0.208. The maximum Gasteiger partial charge on any atom is 0.0589 e. The van der Waals surface area contributed by atoms with E-state index in [2.05, 4.69) is 33.0 Å². The van der Waals surface area contributed by atoms with Gasteiger partial charge in [-0.3, -0.25) is 4.90 Å². The Balaban J connectivity index is 2.77. The molecule has 0 saturated carbocycles. The molecule has 0 aromatic heterocycles. The van der Waals surface area contributed by atoms with Gasteiger partial charge >= 0.3 is 0 Å². The van der Waals surface area contributed by atoms with E-state index in [1.807, 2.05) is 12.1 Å². The van der Waals surface area contributed by atoms with Gasteiger partial charge in [-0.05, 0) is 24.1 Å². The van der Waals surface area contributed by atoms with Gasteiger partial charge in [0.1, 0.15) is 0 Å². The maximum atomic E-state index is 6.00. The maximum absolute atomic E-state index is 6.00. The lowest BCUT2D eigenvalue weighted by Crippen LogP contribution is -2.37. The first-order valence-corrected chi connectivity index (χ1v) is 7.69. The molecule has 1 rings (SSSR count). The van der Waals surface area contributed by atoms with E-state index in [1.165, 1.54) is 5.56 Å². The Morgan fingerprint density at radius 2 is 1.95 bits per heavy atom. The van der Waals surface area contributed by atoms with Gasteiger partial charge in [-0.25, -0.2) is 0 Å². The van der Waals surface area contributed by atoms with E-state index in [9.17, 15) is 0 Å². The molecule has 0 spiro atoms. The zero-order chi connectivity index (χ0) is 14.8. The topological polar surface area (TPSA) is 47.7 Å². The molecule has 1 atom stereocenters. The van der Waals surface area contributed by atoms with Crippen molar-refractivity contribution in [2.45, 2.75) is 12.5 Å². The zero-order valence-electron chi connectivity index (χ0n) is 12.3. The number of rotatable bonds is 10. The van der Waals surface area contributed by atoms with Crippen molar-refractivity contribution in [3.63, 3.8) is 0 Å².